The Balaban J connectivity index is 1.83. The molecule has 2 bridgehead atoms. The largest absolute Gasteiger partial charge is 0.462 e. The molecule has 0 N–H and O–H groups in total. The fraction of sp³-hybridized carbons (Fsp3) is 0.619. The summed E-state index contributed by atoms with van der Waals surface area (Å²) in [4.78, 5) is 23.9. The molecule has 0 unspecified atom stereocenters. The van der Waals surface area contributed by atoms with E-state index in [9.17, 15) is 9.59 Å². The van der Waals surface area contributed by atoms with Crippen molar-refractivity contribution in [3.63, 3.8) is 0 Å². The summed E-state index contributed by atoms with van der Waals surface area (Å²) in [6.45, 7) is 8.11. The lowest BCUT2D eigenvalue weighted by molar-refractivity contribution is -0.156. The molecule has 1 aliphatic carbocycles. The fourth-order valence-electron chi connectivity index (χ4n) is 4.20. The number of ether oxygens (including phenoxy) is 2. The molecule has 0 saturated carbocycles. The van der Waals surface area contributed by atoms with Crippen molar-refractivity contribution in [2.24, 2.45) is 11.8 Å². The third-order valence-electron chi connectivity index (χ3n) is 5.61. The third-order valence-corrected chi connectivity index (χ3v) is 5.61. The summed E-state index contributed by atoms with van der Waals surface area (Å²) < 4.78 is 11.1. The first kappa shape index (κ1) is 18.0. The molecular weight excluding hydrogens is 316 g/mol. The van der Waals surface area contributed by atoms with Crippen molar-refractivity contribution in [3.05, 3.63) is 35.5 Å². The van der Waals surface area contributed by atoms with Gasteiger partial charge in [-0.15, -0.1) is 0 Å². The molecule has 4 nitrogen and oxygen atoms in total. The zero-order chi connectivity index (χ0) is 18.0. The molecule has 2 aliphatic heterocycles. The number of esters is 2. The normalized spacial score (nSPS) is 38.4. The molecule has 2 heterocycles. The van der Waals surface area contributed by atoms with Crippen molar-refractivity contribution in [1.29, 1.82) is 0 Å². The van der Waals surface area contributed by atoms with Crippen LogP contribution in [0.2, 0.25) is 0 Å². The van der Waals surface area contributed by atoms with Crippen molar-refractivity contribution in [2.45, 2.75) is 71.0 Å². The maximum Gasteiger partial charge on any atom is 0.334 e. The van der Waals surface area contributed by atoms with Crippen LogP contribution in [0.4, 0.5) is 0 Å². The van der Waals surface area contributed by atoms with Crippen LogP contribution in [0.1, 0.15) is 58.8 Å². The highest BCUT2D eigenvalue weighted by Crippen LogP contribution is 2.35. The number of carbonyl (C=O) groups excluding carboxylic acids is 2. The molecule has 25 heavy (non-hydrogen) atoms. The van der Waals surface area contributed by atoms with Gasteiger partial charge in [0, 0.05) is 24.3 Å². The van der Waals surface area contributed by atoms with E-state index in [1.807, 2.05) is 13.0 Å². The summed E-state index contributed by atoms with van der Waals surface area (Å²) in [5, 5.41) is 0. The molecule has 4 atom stereocenters. The molecule has 0 aromatic heterocycles. The summed E-state index contributed by atoms with van der Waals surface area (Å²) in [5.74, 6) is 0.0767. The lowest BCUT2D eigenvalue weighted by Crippen LogP contribution is -2.30. The Hall–Kier alpha value is -1.84. The van der Waals surface area contributed by atoms with Gasteiger partial charge in [-0.2, -0.15) is 0 Å². The number of hydrogen-bond acceptors (Lipinski definition) is 4. The highest BCUT2D eigenvalue weighted by molar-refractivity contribution is 5.91. The molecule has 3 rings (SSSR count). The molecular formula is C21H28O4. The van der Waals surface area contributed by atoms with E-state index >= 15 is 0 Å². The average molecular weight is 344 g/mol. The van der Waals surface area contributed by atoms with Crippen molar-refractivity contribution in [2.75, 3.05) is 0 Å². The van der Waals surface area contributed by atoms with Crippen LogP contribution in [0.25, 0.3) is 0 Å². The van der Waals surface area contributed by atoms with Gasteiger partial charge in [0.2, 0.25) is 0 Å². The lowest BCUT2D eigenvalue weighted by Gasteiger charge is -2.29. The standard InChI is InChI=1S/C21H28O4/c1-13-5-4-6-16-11-17(24-20(22)12-16)9-14(2)10-19-18(8-7-13)15(3)21(23)25-19/h5,10,16-19H,3-4,6-9,11-12H2,1-2H3/b13-5+,14-10+/t16-,17+,18+,19-/m0/s1. The van der Waals surface area contributed by atoms with Gasteiger partial charge < -0.3 is 9.47 Å². The van der Waals surface area contributed by atoms with Gasteiger partial charge in [-0.05, 0) is 57.9 Å². The van der Waals surface area contributed by atoms with Gasteiger partial charge in [-0.3, -0.25) is 4.79 Å². The molecule has 0 radical (unpaired) electrons. The van der Waals surface area contributed by atoms with Crippen LogP contribution in [0, 0.1) is 11.8 Å². The maximum atomic E-state index is 12.0. The molecule has 4 heteroatoms. The monoisotopic (exact) mass is 344 g/mol. The molecule has 0 aromatic rings. The lowest BCUT2D eigenvalue weighted by atomic mass is 9.86. The van der Waals surface area contributed by atoms with Crippen LogP contribution in [-0.4, -0.2) is 24.1 Å². The maximum absolute atomic E-state index is 12.0. The number of allylic oxidation sites excluding steroid dienone is 2. The van der Waals surface area contributed by atoms with Gasteiger partial charge >= 0.3 is 11.9 Å². The van der Waals surface area contributed by atoms with Crippen molar-refractivity contribution in [3.8, 4) is 0 Å². The quantitative estimate of drug-likeness (QED) is 0.374. The SMILES string of the molecule is C=C1C(=O)O[C@H]2/C=C(\C)C[C@@H]3C[C@H](CC/C=C(\C)CC[C@H]12)CC(=O)O3. The molecule has 0 spiro atoms. The zero-order valence-electron chi connectivity index (χ0n) is 15.3. The van der Waals surface area contributed by atoms with Crippen molar-refractivity contribution < 1.29 is 19.1 Å². The molecule has 2 fully saturated rings. The summed E-state index contributed by atoms with van der Waals surface area (Å²) in [5.41, 5.74) is 3.02. The number of fused-ring (bicyclic) bond motifs is 3. The summed E-state index contributed by atoms with van der Waals surface area (Å²) in [6.07, 6.45) is 10.0. The molecule has 3 aliphatic rings. The van der Waals surface area contributed by atoms with Gasteiger partial charge in [-0.1, -0.05) is 23.8 Å². The van der Waals surface area contributed by atoms with E-state index in [1.54, 1.807) is 0 Å². The van der Waals surface area contributed by atoms with Crippen LogP contribution in [0.3, 0.4) is 0 Å². The second kappa shape index (κ2) is 7.59. The van der Waals surface area contributed by atoms with Crippen LogP contribution < -0.4 is 0 Å². The Morgan fingerprint density at radius 3 is 2.68 bits per heavy atom. The van der Waals surface area contributed by atoms with Gasteiger partial charge in [-0.25, -0.2) is 4.79 Å². The van der Waals surface area contributed by atoms with E-state index in [0.29, 0.717) is 24.3 Å². The third kappa shape index (κ3) is 4.42. The second-order valence-corrected chi connectivity index (χ2v) is 7.80. The Labute approximate surface area is 150 Å². The Bertz CT molecular complexity index is 628. The smallest absolute Gasteiger partial charge is 0.334 e. The van der Waals surface area contributed by atoms with E-state index < -0.39 is 0 Å². The van der Waals surface area contributed by atoms with Crippen LogP contribution in [0.15, 0.2) is 35.5 Å². The second-order valence-electron chi connectivity index (χ2n) is 7.80. The Morgan fingerprint density at radius 2 is 1.88 bits per heavy atom. The predicted molar refractivity (Wildman–Crippen MR) is 95.7 cm³/mol. The highest BCUT2D eigenvalue weighted by Gasteiger charge is 2.37. The Morgan fingerprint density at radius 1 is 1.08 bits per heavy atom. The topological polar surface area (TPSA) is 52.6 Å². The van der Waals surface area contributed by atoms with Gasteiger partial charge in [0.05, 0.1) is 0 Å². The van der Waals surface area contributed by atoms with Crippen LogP contribution in [0.5, 0.6) is 0 Å². The summed E-state index contributed by atoms with van der Waals surface area (Å²) in [6, 6.07) is 0. The van der Waals surface area contributed by atoms with E-state index in [0.717, 1.165) is 37.7 Å². The van der Waals surface area contributed by atoms with Gasteiger partial charge in [0.1, 0.15) is 12.2 Å². The number of hydrogen-bond donors (Lipinski definition) is 0. The van der Waals surface area contributed by atoms with Crippen LogP contribution in [-0.2, 0) is 19.1 Å². The van der Waals surface area contributed by atoms with Gasteiger partial charge in [0.15, 0.2) is 0 Å². The van der Waals surface area contributed by atoms with E-state index in [-0.39, 0.29) is 30.1 Å². The average Bonchev–Trinajstić information content (AvgIpc) is 2.78. The van der Waals surface area contributed by atoms with E-state index in [2.05, 4.69) is 19.6 Å². The van der Waals surface area contributed by atoms with E-state index in [4.69, 9.17) is 9.47 Å². The predicted octanol–water partition coefficient (Wildman–Crippen LogP) is 4.26. The van der Waals surface area contributed by atoms with Gasteiger partial charge in [0.25, 0.3) is 0 Å². The summed E-state index contributed by atoms with van der Waals surface area (Å²) in [7, 11) is 0. The molecule has 2 saturated heterocycles. The first-order valence-electron chi connectivity index (χ1n) is 9.34. The zero-order valence-corrected chi connectivity index (χ0v) is 15.3. The molecule has 0 aromatic carbocycles. The summed E-state index contributed by atoms with van der Waals surface area (Å²) >= 11 is 0. The highest BCUT2D eigenvalue weighted by atomic mass is 16.6. The first-order chi connectivity index (χ1) is 11.9. The van der Waals surface area contributed by atoms with Crippen molar-refractivity contribution >= 4 is 11.9 Å². The minimum Gasteiger partial charge on any atom is -0.462 e. The first-order valence-corrected chi connectivity index (χ1v) is 9.34. The number of carbonyl (C=O) groups is 2. The Kier molecular flexibility index (Phi) is 5.45. The fourth-order valence-corrected chi connectivity index (χ4v) is 4.20. The molecule has 0 amide bonds. The number of rotatable bonds is 0. The molecule has 136 valence electrons. The minimum absolute atomic E-state index is 0.0374. The van der Waals surface area contributed by atoms with Crippen LogP contribution >= 0.6 is 0 Å². The van der Waals surface area contributed by atoms with E-state index in [1.165, 1.54) is 5.57 Å². The van der Waals surface area contributed by atoms with Crippen molar-refractivity contribution in [1.82, 2.24) is 0 Å². The minimum atomic E-state index is -0.283.